The Kier molecular flexibility index (Phi) is 1.98. The Morgan fingerprint density at radius 3 is 2.77 bits per heavy atom. The lowest BCUT2D eigenvalue weighted by Crippen LogP contribution is -2.43. The van der Waals surface area contributed by atoms with Crippen LogP contribution in [-0.4, -0.2) is 23.4 Å². The maximum atomic E-state index is 11.4. The molecule has 0 unspecified atom stereocenters. The predicted octanol–water partition coefficient (Wildman–Crippen LogP) is 0.296. The summed E-state index contributed by atoms with van der Waals surface area (Å²) >= 11 is 0. The summed E-state index contributed by atoms with van der Waals surface area (Å²) in [5.41, 5.74) is 2.67. The predicted molar refractivity (Wildman–Crippen MR) is 46.4 cm³/mol. The van der Waals surface area contributed by atoms with Crippen LogP contribution in [0.15, 0.2) is 0 Å². The third kappa shape index (κ3) is 1.66. The topological polar surface area (TPSA) is 49.4 Å². The number of hydrogen-bond donors (Lipinski definition) is 1. The van der Waals surface area contributed by atoms with Crippen molar-refractivity contribution in [1.29, 1.82) is 0 Å². The fourth-order valence-electron chi connectivity index (χ4n) is 1.67. The van der Waals surface area contributed by atoms with Gasteiger partial charge in [0.25, 0.3) is 0 Å². The van der Waals surface area contributed by atoms with E-state index in [1.54, 1.807) is 0 Å². The minimum atomic E-state index is 0.0164. The van der Waals surface area contributed by atoms with Gasteiger partial charge >= 0.3 is 0 Å². The van der Waals surface area contributed by atoms with Crippen LogP contribution in [-0.2, 0) is 9.59 Å². The molecule has 0 aromatic heterocycles. The van der Waals surface area contributed by atoms with Crippen LogP contribution in [0.5, 0.6) is 0 Å². The number of carbonyl (C=O) groups excluding carboxylic acids is 2. The standard InChI is InChI=1S/C9H14N2O2/c1-6-5-7(6)9(13)10-11-4-2-3-8(11)12/h6-7H,2-5H2,1H3,(H,10,13)/t6-,7-/m0/s1. The van der Waals surface area contributed by atoms with Crippen LogP contribution in [0.2, 0.25) is 0 Å². The molecule has 0 spiro atoms. The maximum Gasteiger partial charge on any atom is 0.241 e. The van der Waals surface area contributed by atoms with Crippen LogP contribution in [0.3, 0.4) is 0 Å². The Morgan fingerprint density at radius 1 is 1.62 bits per heavy atom. The van der Waals surface area contributed by atoms with E-state index in [-0.39, 0.29) is 17.7 Å². The normalized spacial score (nSPS) is 32.1. The zero-order chi connectivity index (χ0) is 9.42. The second kappa shape index (κ2) is 3.01. The zero-order valence-electron chi connectivity index (χ0n) is 7.75. The van der Waals surface area contributed by atoms with Crippen LogP contribution in [0.25, 0.3) is 0 Å². The van der Waals surface area contributed by atoms with Gasteiger partial charge in [0.05, 0.1) is 0 Å². The molecule has 1 saturated heterocycles. The molecule has 1 N–H and O–H groups in total. The lowest BCUT2D eigenvalue weighted by molar-refractivity contribution is -0.138. The molecule has 2 rings (SSSR count). The van der Waals surface area contributed by atoms with Gasteiger partial charge in [-0.1, -0.05) is 6.92 Å². The van der Waals surface area contributed by atoms with E-state index in [9.17, 15) is 9.59 Å². The van der Waals surface area contributed by atoms with Gasteiger partial charge in [-0.3, -0.25) is 20.0 Å². The fraction of sp³-hybridized carbons (Fsp3) is 0.778. The number of hydrogen-bond acceptors (Lipinski definition) is 2. The molecule has 1 aliphatic carbocycles. The van der Waals surface area contributed by atoms with E-state index in [4.69, 9.17) is 0 Å². The number of nitrogens with one attached hydrogen (secondary N) is 1. The summed E-state index contributed by atoms with van der Waals surface area (Å²) in [5, 5.41) is 1.45. The van der Waals surface area contributed by atoms with Crippen molar-refractivity contribution >= 4 is 11.8 Å². The van der Waals surface area contributed by atoms with Crippen LogP contribution in [0, 0.1) is 11.8 Å². The maximum absolute atomic E-state index is 11.4. The van der Waals surface area contributed by atoms with Gasteiger partial charge in [0.2, 0.25) is 11.8 Å². The molecule has 1 aliphatic heterocycles. The summed E-state index contributed by atoms with van der Waals surface area (Å²) < 4.78 is 0. The average molecular weight is 182 g/mol. The number of rotatable bonds is 2. The lowest BCUT2D eigenvalue weighted by atomic mass is 10.3. The second-order valence-corrected chi connectivity index (χ2v) is 3.94. The largest absolute Gasteiger partial charge is 0.273 e. The van der Waals surface area contributed by atoms with E-state index >= 15 is 0 Å². The van der Waals surface area contributed by atoms with Crippen LogP contribution in [0.1, 0.15) is 26.2 Å². The SMILES string of the molecule is C[C@H]1C[C@@H]1C(=O)NN1CCCC1=O. The fourth-order valence-corrected chi connectivity index (χ4v) is 1.67. The Morgan fingerprint density at radius 2 is 2.31 bits per heavy atom. The van der Waals surface area contributed by atoms with E-state index < -0.39 is 0 Å². The molecule has 0 aromatic carbocycles. The highest BCUT2D eigenvalue weighted by molar-refractivity contribution is 5.85. The molecule has 0 radical (unpaired) electrons. The second-order valence-electron chi connectivity index (χ2n) is 3.94. The quantitative estimate of drug-likeness (QED) is 0.667. The molecule has 0 aromatic rings. The van der Waals surface area contributed by atoms with Gasteiger partial charge in [-0.15, -0.1) is 0 Å². The average Bonchev–Trinajstić information content (AvgIpc) is 2.68. The van der Waals surface area contributed by atoms with Gasteiger partial charge < -0.3 is 0 Å². The summed E-state index contributed by atoms with van der Waals surface area (Å²) in [7, 11) is 0. The van der Waals surface area contributed by atoms with Crippen molar-refractivity contribution < 1.29 is 9.59 Å². The Labute approximate surface area is 77.3 Å². The summed E-state index contributed by atoms with van der Waals surface area (Å²) in [4.78, 5) is 22.6. The van der Waals surface area contributed by atoms with E-state index in [1.165, 1.54) is 5.01 Å². The van der Waals surface area contributed by atoms with E-state index in [1.807, 2.05) is 0 Å². The third-order valence-corrected chi connectivity index (χ3v) is 2.76. The third-order valence-electron chi connectivity index (χ3n) is 2.76. The number of hydrazine groups is 1. The van der Waals surface area contributed by atoms with Crippen molar-refractivity contribution in [1.82, 2.24) is 10.4 Å². The Balaban J connectivity index is 1.83. The molecule has 2 atom stereocenters. The number of carbonyl (C=O) groups is 2. The summed E-state index contributed by atoms with van der Waals surface area (Å²) in [6.45, 7) is 2.72. The zero-order valence-corrected chi connectivity index (χ0v) is 7.75. The molecule has 1 saturated carbocycles. The van der Waals surface area contributed by atoms with E-state index in [0.29, 0.717) is 18.9 Å². The summed E-state index contributed by atoms with van der Waals surface area (Å²) in [6, 6.07) is 0. The minimum Gasteiger partial charge on any atom is -0.273 e. The molecule has 1 heterocycles. The first-order valence-corrected chi connectivity index (χ1v) is 4.79. The van der Waals surface area contributed by atoms with Crippen molar-refractivity contribution in [3.05, 3.63) is 0 Å². The first kappa shape index (κ1) is 8.53. The first-order chi connectivity index (χ1) is 6.18. The van der Waals surface area contributed by atoms with E-state index in [0.717, 1.165) is 12.8 Å². The summed E-state index contributed by atoms with van der Waals surface area (Å²) in [6.07, 6.45) is 2.40. The van der Waals surface area contributed by atoms with Crippen LogP contribution in [0.4, 0.5) is 0 Å². The van der Waals surface area contributed by atoms with Crippen molar-refractivity contribution in [3.8, 4) is 0 Å². The molecule has 2 fully saturated rings. The first-order valence-electron chi connectivity index (χ1n) is 4.79. The molecule has 2 amide bonds. The molecule has 0 bridgehead atoms. The van der Waals surface area contributed by atoms with Gasteiger partial charge in [-0.2, -0.15) is 0 Å². The van der Waals surface area contributed by atoms with Crippen LogP contribution < -0.4 is 5.43 Å². The van der Waals surface area contributed by atoms with Crippen molar-refractivity contribution in [2.24, 2.45) is 11.8 Å². The molecular formula is C9H14N2O2. The highest BCUT2D eigenvalue weighted by atomic mass is 16.2. The van der Waals surface area contributed by atoms with Crippen molar-refractivity contribution in [2.45, 2.75) is 26.2 Å². The smallest absolute Gasteiger partial charge is 0.241 e. The Bertz CT molecular complexity index is 252. The minimum absolute atomic E-state index is 0.0164. The molecule has 2 aliphatic rings. The molecular weight excluding hydrogens is 168 g/mol. The highest BCUT2D eigenvalue weighted by Crippen LogP contribution is 2.37. The highest BCUT2D eigenvalue weighted by Gasteiger charge is 2.40. The van der Waals surface area contributed by atoms with Crippen molar-refractivity contribution in [3.63, 3.8) is 0 Å². The van der Waals surface area contributed by atoms with E-state index in [2.05, 4.69) is 12.3 Å². The Hall–Kier alpha value is -1.06. The lowest BCUT2D eigenvalue weighted by Gasteiger charge is -2.16. The van der Waals surface area contributed by atoms with Crippen LogP contribution >= 0.6 is 0 Å². The van der Waals surface area contributed by atoms with Gasteiger partial charge in [0.1, 0.15) is 0 Å². The summed E-state index contributed by atoms with van der Waals surface area (Å²) in [5.74, 6) is 0.704. The number of amides is 2. The molecule has 13 heavy (non-hydrogen) atoms. The monoisotopic (exact) mass is 182 g/mol. The van der Waals surface area contributed by atoms with Gasteiger partial charge in [0, 0.05) is 18.9 Å². The molecule has 72 valence electrons. The van der Waals surface area contributed by atoms with Gasteiger partial charge in [0.15, 0.2) is 0 Å². The molecule has 4 nitrogen and oxygen atoms in total. The van der Waals surface area contributed by atoms with Gasteiger partial charge in [-0.05, 0) is 18.8 Å². The number of nitrogens with zero attached hydrogens (tertiary/aromatic N) is 1. The van der Waals surface area contributed by atoms with Gasteiger partial charge in [-0.25, -0.2) is 0 Å². The van der Waals surface area contributed by atoms with Crippen molar-refractivity contribution in [2.75, 3.05) is 6.54 Å². The molecule has 4 heteroatoms.